The Hall–Kier alpha value is -2.21. The van der Waals surface area contributed by atoms with Crippen LogP contribution in [0.15, 0.2) is 30.5 Å². The van der Waals surface area contributed by atoms with Crippen molar-refractivity contribution in [2.75, 3.05) is 13.1 Å². The Morgan fingerprint density at radius 3 is 2.85 bits per heavy atom. The smallest absolute Gasteiger partial charge is 0.223 e. The summed E-state index contributed by atoms with van der Waals surface area (Å²) in [6.45, 7) is 5.29. The van der Waals surface area contributed by atoms with Gasteiger partial charge in [-0.2, -0.15) is 5.10 Å². The summed E-state index contributed by atoms with van der Waals surface area (Å²) in [4.78, 5) is 17.2. The topological polar surface area (TPSA) is 41.4 Å². The Morgan fingerprint density at radius 2 is 2.11 bits per heavy atom. The van der Waals surface area contributed by atoms with Crippen molar-refractivity contribution in [1.82, 2.24) is 19.6 Å². The lowest BCUT2D eigenvalue weighted by Crippen LogP contribution is -2.42. The molecule has 0 spiro atoms. The lowest BCUT2D eigenvalue weighted by molar-refractivity contribution is -0.133. The standard InChI is InChI=1S/C21H27FN4O/c1-15-18(11-24(2)23-15)13-25-12-17-6-4-8-21(27)26(20(17)14-25)10-16-5-3-7-19(22)9-16/h3,5,7,9,11,17,20H,4,6,8,10,12-14H2,1-2H3/t17-,20+/m1/s1. The highest BCUT2D eigenvalue weighted by Gasteiger charge is 2.40. The molecule has 144 valence electrons. The number of benzene rings is 1. The summed E-state index contributed by atoms with van der Waals surface area (Å²) in [6, 6.07) is 6.82. The molecule has 2 fully saturated rings. The average molecular weight is 370 g/mol. The zero-order chi connectivity index (χ0) is 19.0. The molecule has 2 saturated heterocycles. The Morgan fingerprint density at radius 1 is 1.26 bits per heavy atom. The summed E-state index contributed by atoms with van der Waals surface area (Å²) in [5.41, 5.74) is 3.18. The molecule has 0 radical (unpaired) electrons. The maximum atomic E-state index is 13.6. The van der Waals surface area contributed by atoms with Crippen LogP contribution < -0.4 is 0 Å². The van der Waals surface area contributed by atoms with E-state index in [-0.39, 0.29) is 17.8 Å². The van der Waals surface area contributed by atoms with Gasteiger partial charge < -0.3 is 4.90 Å². The highest BCUT2D eigenvalue weighted by atomic mass is 19.1. The minimum Gasteiger partial charge on any atom is -0.334 e. The molecular weight excluding hydrogens is 343 g/mol. The first kappa shape index (κ1) is 18.2. The molecule has 2 atom stereocenters. The van der Waals surface area contributed by atoms with Gasteiger partial charge in [-0.3, -0.25) is 14.4 Å². The van der Waals surface area contributed by atoms with E-state index in [1.807, 2.05) is 29.6 Å². The number of hydrogen-bond donors (Lipinski definition) is 0. The SMILES string of the molecule is Cc1nn(C)cc1CN1C[C@H]2CCCC(=O)N(Cc3cccc(F)c3)[C@H]2C1. The lowest BCUT2D eigenvalue weighted by Gasteiger charge is -2.30. The number of hydrogen-bond acceptors (Lipinski definition) is 3. The summed E-state index contributed by atoms with van der Waals surface area (Å²) in [5.74, 6) is 0.444. The van der Waals surface area contributed by atoms with Crippen LogP contribution in [0.5, 0.6) is 0 Å². The maximum Gasteiger partial charge on any atom is 0.223 e. The van der Waals surface area contributed by atoms with Gasteiger partial charge in [-0.05, 0) is 43.4 Å². The van der Waals surface area contributed by atoms with E-state index in [4.69, 9.17) is 0 Å². The van der Waals surface area contributed by atoms with Gasteiger partial charge in [-0.1, -0.05) is 12.1 Å². The van der Waals surface area contributed by atoms with Crippen LogP contribution >= 0.6 is 0 Å². The Kier molecular flexibility index (Phi) is 5.00. The van der Waals surface area contributed by atoms with E-state index >= 15 is 0 Å². The fourth-order valence-corrected chi connectivity index (χ4v) is 4.63. The fourth-order valence-electron chi connectivity index (χ4n) is 4.63. The monoisotopic (exact) mass is 370 g/mol. The highest BCUT2D eigenvalue weighted by Crippen LogP contribution is 2.32. The number of nitrogens with zero attached hydrogens (tertiary/aromatic N) is 4. The number of rotatable bonds is 4. The molecule has 6 heteroatoms. The number of likely N-dealkylation sites (tertiary alicyclic amines) is 2. The zero-order valence-corrected chi connectivity index (χ0v) is 16.1. The number of amides is 1. The largest absolute Gasteiger partial charge is 0.334 e. The van der Waals surface area contributed by atoms with E-state index in [9.17, 15) is 9.18 Å². The molecular formula is C21H27FN4O. The van der Waals surface area contributed by atoms with Crippen molar-refractivity contribution >= 4 is 5.91 Å². The zero-order valence-electron chi connectivity index (χ0n) is 16.1. The van der Waals surface area contributed by atoms with E-state index in [0.717, 1.165) is 43.7 Å². The second-order valence-corrected chi connectivity index (χ2v) is 7.98. The summed E-state index contributed by atoms with van der Waals surface area (Å²) < 4.78 is 15.5. The molecule has 0 unspecified atom stereocenters. The molecule has 3 heterocycles. The van der Waals surface area contributed by atoms with E-state index in [1.54, 1.807) is 12.1 Å². The van der Waals surface area contributed by atoms with Crippen LogP contribution in [0.2, 0.25) is 0 Å². The molecule has 0 aliphatic carbocycles. The Balaban J connectivity index is 1.51. The molecule has 27 heavy (non-hydrogen) atoms. The molecule has 1 aromatic heterocycles. The van der Waals surface area contributed by atoms with Crippen molar-refractivity contribution in [2.45, 2.75) is 45.3 Å². The molecule has 0 N–H and O–H groups in total. The predicted molar refractivity (Wildman–Crippen MR) is 101 cm³/mol. The first-order chi connectivity index (χ1) is 13.0. The molecule has 0 saturated carbocycles. The third-order valence-corrected chi connectivity index (χ3v) is 5.92. The van der Waals surface area contributed by atoms with Gasteiger partial charge >= 0.3 is 0 Å². The van der Waals surface area contributed by atoms with E-state index in [2.05, 4.69) is 16.2 Å². The molecule has 2 aromatic rings. The summed E-state index contributed by atoms with van der Waals surface area (Å²) in [5, 5.41) is 4.44. The summed E-state index contributed by atoms with van der Waals surface area (Å²) >= 11 is 0. The summed E-state index contributed by atoms with van der Waals surface area (Å²) in [7, 11) is 1.95. The van der Waals surface area contributed by atoms with Gasteiger partial charge in [0.2, 0.25) is 5.91 Å². The molecule has 1 amide bonds. The van der Waals surface area contributed by atoms with Crippen LogP contribution in [-0.2, 0) is 24.9 Å². The molecule has 4 rings (SSSR count). The average Bonchev–Trinajstić information content (AvgIpc) is 3.11. The van der Waals surface area contributed by atoms with E-state index < -0.39 is 0 Å². The van der Waals surface area contributed by atoms with Gasteiger partial charge in [-0.15, -0.1) is 0 Å². The number of fused-ring (bicyclic) bond motifs is 1. The van der Waals surface area contributed by atoms with Gasteiger partial charge in [0, 0.05) is 57.4 Å². The van der Waals surface area contributed by atoms with Crippen molar-refractivity contribution in [3.05, 3.63) is 53.1 Å². The van der Waals surface area contributed by atoms with Crippen LogP contribution in [0.4, 0.5) is 4.39 Å². The Bertz CT molecular complexity index is 833. The summed E-state index contributed by atoms with van der Waals surface area (Å²) in [6.07, 6.45) is 4.71. The van der Waals surface area contributed by atoms with Crippen LogP contribution in [0.3, 0.4) is 0 Å². The first-order valence-corrected chi connectivity index (χ1v) is 9.75. The number of aromatic nitrogens is 2. The predicted octanol–water partition coefficient (Wildman–Crippen LogP) is 2.88. The maximum absolute atomic E-state index is 13.6. The highest BCUT2D eigenvalue weighted by molar-refractivity contribution is 5.77. The van der Waals surface area contributed by atoms with E-state index in [0.29, 0.717) is 18.9 Å². The van der Waals surface area contributed by atoms with Gasteiger partial charge in [0.25, 0.3) is 0 Å². The normalized spacial score (nSPS) is 23.5. The van der Waals surface area contributed by atoms with Crippen molar-refractivity contribution in [1.29, 1.82) is 0 Å². The van der Waals surface area contributed by atoms with Crippen LogP contribution in [0.1, 0.15) is 36.1 Å². The molecule has 2 aliphatic rings. The minimum atomic E-state index is -0.244. The van der Waals surface area contributed by atoms with Gasteiger partial charge in [0.1, 0.15) is 5.82 Å². The second-order valence-electron chi connectivity index (χ2n) is 7.98. The lowest BCUT2D eigenvalue weighted by atomic mass is 9.98. The first-order valence-electron chi connectivity index (χ1n) is 9.75. The molecule has 2 aliphatic heterocycles. The van der Waals surface area contributed by atoms with Crippen LogP contribution in [0, 0.1) is 18.7 Å². The minimum absolute atomic E-state index is 0.200. The Labute approximate surface area is 159 Å². The van der Waals surface area contributed by atoms with Crippen LogP contribution in [-0.4, -0.2) is 44.6 Å². The van der Waals surface area contributed by atoms with Gasteiger partial charge in [0.05, 0.1) is 5.69 Å². The van der Waals surface area contributed by atoms with Gasteiger partial charge in [-0.25, -0.2) is 4.39 Å². The van der Waals surface area contributed by atoms with Crippen molar-refractivity contribution in [3.8, 4) is 0 Å². The van der Waals surface area contributed by atoms with Gasteiger partial charge in [0.15, 0.2) is 0 Å². The van der Waals surface area contributed by atoms with Crippen molar-refractivity contribution in [3.63, 3.8) is 0 Å². The van der Waals surface area contributed by atoms with Crippen molar-refractivity contribution in [2.24, 2.45) is 13.0 Å². The molecule has 0 bridgehead atoms. The number of halogens is 1. The number of carbonyl (C=O) groups is 1. The second kappa shape index (κ2) is 7.43. The number of carbonyl (C=O) groups excluding carboxylic acids is 1. The van der Waals surface area contributed by atoms with E-state index in [1.165, 1.54) is 11.6 Å². The fraction of sp³-hybridized carbons (Fsp3) is 0.524. The third-order valence-electron chi connectivity index (χ3n) is 5.92. The molecule has 5 nitrogen and oxygen atoms in total. The molecule has 1 aromatic carbocycles. The van der Waals surface area contributed by atoms with Crippen molar-refractivity contribution < 1.29 is 9.18 Å². The van der Waals surface area contributed by atoms with Crippen LogP contribution in [0.25, 0.3) is 0 Å². The number of aryl methyl sites for hydroxylation is 2. The third kappa shape index (κ3) is 3.90. The quantitative estimate of drug-likeness (QED) is 0.831.